The second-order valence-corrected chi connectivity index (χ2v) is 7.48. The Morgan fingerprint density at radius 3 is 2.25 bits per heavy atom. The highest BCUT2D eigenvalue weighted by Crippen LogP contribution is 2.24. The first-order valence-electron chi connectivity index (χ1n) is 8.02. The van der Waals surface area contributed by atoms with Crippen molar-refractivity contribution in [2.75, 3.05) is 16.2 Å². The molecule has 1 fully saturated rings. The molecular formula is C18H20N2O3S. The predicted molar refractivity (Wildman–Crippen MR) is 94.7 cm³/mol. The molecule has 1 amide bonds. The Morgan fingerprint density at radius 2 is 1.71 bits per heavy atom. The number of carbonyl (C=O) groups excluding carboxylic acids is 1. The fraction of sp³-hybridized carbons (Fsp3) is 0.278. The summed E-state index contributed by atoms with van der Waals surface area (Å²) in [6.07, 6.45) is 2.30. The molecule has 0 aliphatic carbocycles. The molecule has 1 aliphatic heterocycles. The lowest BCUT2D eigenvalue weighted by molar-refractivity contribution is -0.117. The molecule has 0 saturated carbocycles. The minimum Gasteiger partial charge on any atom is -0.312 e. The number of sulfonamides is 1. The first kappa shape index (κ1) is 16.5. The van der Waals surface area contributed by atoms with Crippen LogP contribution in [0.2, 0.25) is 0 Å². The number of hydrogen-bond acceptors (Lipinski definition) is 3. The van der Waals surface area contributed by atoms with Crippen LogP contribution in [0.25, 0.3) is 0 Å². The van der Waals surface area contributed by atoms with E-state index in [9.17, 15) is 13.2 Å². The monoisotopic (exact) mass is 344 g/mol. The molecule has 0 spiro atoms. The van der Waals surface area contributed by atoms with E-state index in [1.807, 2.05) is 19.1 Å². The lowest BCUT2D eigenvalue weighted by Gasteiger charge is -2.16. The second kappa shape index (κ2) is 6.65. The fourth-order valence-electron chi connectivity index (χ4n) is 2.75. The fourth-order valence-corrected chi connectivity index (χ4v) is 3.81. The van der Waals surface area contributed by atoms with Gasteiger partial charge in [0.1, 0.15) is 0 Å². The minimum absolute atomic E-state index is 0.111. The maximum Gasteiger partial charge on any atom is 0.261 e. The third kappa shape index (κ3) is 3.43. The molecule has 0 bridgehead atoms. The van der Waals surface area contributed by atoms with Crippen LogP contribution in [0.15, 0.2) is 53.4 Å². The Hall–Kier alpha value is -2.34. The summed E-state index contributed by atoms with van der Waals surface area (Å²) in [5, 5.41) is 0. The summed E-state index contributed by atoms with van der Waals surface area (Å²) in [4.78, 5) is 13.7. The quantitative estimate of drug-likeness (QED) is 0.906. The number of aryl methyl sites for hydroxylation is 1. The Morgan fingerprint density at radius 1 is 1.04 bits per heavy atom. The Bertz CT molecular complexity index is 828. The van der Waals surface area contributed by atoms with Crippen LogP contribution in [0.1, 0.15) is 25.3 Å². The topological polar surface area (TPSA) is 66.5 Å². The van der Waals surface area contributed by atoms with Crippen molar-refractivity contribution in [3.8, 4) is 0 Å². The Labute approximate surface area is 142 Å². The molecule has 0 atom stereocenters. The Kier molecular flexibility index (Phi) is 4.57. The number of nitrogens with zero attached hydrogens (tertiary/aromatic N) is 1. The first-order valence-corrected chi connectivity index (χ1v) is 9.50. The normalized spacial score (nSPS) is 14.9. The van der Waals surface area contributed by atoms with E-state index >= 15 is 0 Å². The molecule has 1 aliphatic rings. The summed E-state index contributed by atoms with van der Waals surface area (Å²) in [7, 11) is -3.61. The highest BCUT2D eigenvalue weighted by molar-refractivity contribution is 7.92. The zero-order valence-electron chi connectivity index (χ0n) is 13.5. The lowest BCUT2D eigenvalue weighted by Crippen LogP contribution is -2.23. The van der Waals surface area contributed by atoms with E-state index in [0.29, 0.717) is 18.7 Å². The van der Waals surface area contributed by atoms with Gasteiger partial charge in [-0.1, -0.05) is 19.1 Å². The highest BCUT2D eigenvalue weighted by Gasteiger charge is 2.21. The molecule has 5 nitrogen and oxygen atoms in total. The van der Waals surface area contributed by atoms with Crippen LogP contribution in [-0.4, -0.2) is 20.9 Å². The van der Waals surface area contributed by atoms with Crippen LogP contribution in [0.4, 0.5) is 11.4 Å². The van der Waals surface area contributed by atoms with Crippen molar-refractivity contribution in [3.05, 3.63) is 54.1 Å². The summed E-state index contributed by atoms with van der Waals surface area (Å²) in [6, 6.07) is 13.7. The van der Waals surface area contributed by atoms with E-state index in [2.05, 4.69) is 4.72 Å². The van der Waals surface area contributed by atoms with Crippen LogP contribution in [0.5, 0.6) is 0 Å². The van der Waals surface area contributed by atoms with Gasteiger partial charge in [-0.05, 0) is 54.8 Å². The Balaban J connectivity index is 1.75. The molecule has 0 radical (unpaired) electrons. The second-order valence-electron chi connectivity index (χ2n) is 5.80. The number of nitrogens with one attached hydrogen (secondary N) is 1. The average molecular weight is 344 g/mol. The third-order valence-electron chi connectivity index (χ3n) is 4.15. The zero-order valence-corrected chi connectivity index (χ0v) is 14.3. The maximum atomic E-state index is 12.4. The molecule has 24 heavy (non-hydrogen) atoms. The van der Waals surface area contributed by atoms with Gasteiger partial charge in [0, 0.05) is 24.3 Å². The van der Waals surface area contributed by atoms with Crippen molar-refractivity contribution in [1.29, 1.82) is 0 Å². The van der Waals surface area contributed by atoms with Gasteiger partial charge >= 0.3 is 0 Å². The summed E-state index contributed by atoms with van der Waals surface area (Å²) >= 11 is 0. The molecule has 1 N–H and O–H groups in total. The maximum absolute atomic E-state index is 12.4. The highest BCUT2D eigenvalue weighted by atomic mass is 32.2. The van der Waals surface area contributed by atoms with Gasteiger partial charge in [-0.3, -0.25) is 9.52 Å². The van der Waals surface area contributed by atoms with Gasteiger partial charge < -0.3 is 4.90 Å². The molecule has 2 aromatic carbocycles. The summed E-state index contributed by atoms with van der Waals surface area (Å²) in [5.41, 5.74) is 2.37. The molecule has 1 heterocycles. The minimum atomic E-state index is -3.61. The molecule has 0 unspecified atom stereocenters. The van der Waals surface area contributed by atoms with E-state index in [0.717, 1.165) is 24.1 Å². The largest absolute Gasteiger partial charge is 0.312 e. The van der Waals surface area contributed by atoms with Crippen LogP contribution in [-0.2, 0) is 21.2 Å². The van der Waals surface area contributed by atoms with Gasteiger partial charge in [0.15, 0.2) is 0 Å². The van der Waals surface area contributed by atoms with Gasteiger partial charge in [-0.2, -0.15) is 0 Å². The van der Waals surface area contributed by atoms with Gasteiger partial charge in [0.05, 0.1) is 4.90 Å². The number of rotatable bonds is 5. The number of anilines is 2. The predicted octanol–water partition coefficient (Wildman–Crippen LogP) is 3.18. The SMILES string of the molecule is CCc1ccc(S(=O)(=O)Nc2ccc(N3CCCC3=O)cc2)cc1. The number of carbonyl (C=O) groups is 1. The third-order valence-corrected chi connectivity index (χ3v) is 5.54. The van der Waals surface area contributed by atoms with Crippen molar-refractivity contribution in [2.24, 2.45) is 0 Å². The van der Waals surface area contributed by atoms with Crippen molar-refractivity contribution < 1.29 is 13.2 Å². The van der Waals surface area contributed by atoms with Gasteiger partial charge in [-0.25, -0.2) is 8.42 Å². The van der Waals surface area contributed by atoms with Crippen LogP contribution >= 0.6 is 0 Å². The van der Waals surface area contributed by atoms with Gasteiger partial charge in [0.25, 0.3) is 10.0 Å². The van der Waals surface area contributed by atoms with E-state index < -0.39 is 10.0 Å². The summed E-state index contributed by atoms with van der Waals surface area (Å²) in [5.74, 6) is 0.111. The molecule has 2 aromatic rings. The molecule has 0 aromatic heterocycles. The smallest absolute Gasteiger partial charge is 0.261 e. The zero-order chi connectivity index (χ0) is 17.2. The summed E-state index contributed by atoms with van der Waals surface area (Å²) < 4.78 is 27.4. The first-order chi connectivity index (χ1) is 11.5. The van der Waals surface area contributed by atoms with E-state index in [4.69, 9.17) is 0 Å². The molecule has 6 heteroatoms. The molecule has 3 rings (SSSR count). The number of hydrogen-bond donors (Lipinski definition) is 1. The van der Waals surface area contributed by atoms with Crippen molar-refractivity contribution in [2.45, 2.75) is 31.1 Å². The lowest BCUT2D eigenvalue weighted by atomic mass is 10.2. The van der Waals surface area contributed by atoms with Crippen molar-refractivity contribution in [3.63, 3.8) is 0 Å². The number of amides is 1. The molecule has 1 saturated heterocycles. The standard InChI is InChI=1S/C18H20N2O3S/c1-2-14-5-11-17(12-6-14)24(22,23)19-15-7-9-16(10-8-15)20-13-3-4-18(20)21/h5-12,19H,2-4,13H2,1H3. The van der Waals surface area contributed by atoms with Crippen LogP contribution in [0, 0.1) is 0 Å². The van der Waals surface area contributed by atoms with Gasteiger partial charge in [0.2, 0.25) is 5.91 Å². The summed E-state index contributed by atoms with van der Waals surface area (Å²) in [6.45, 7) is 2.74. The molecular weight excluding hydrogens is 324 g/mol. The van der Waals surface area contributed by atoms with Crippen LogP contribution < -0.4 is 9.62 Å². The number of benzene rings is 2. The van der Waals surface area contributed by atoms with Crippen LogP contribution in [0.3, 0.4) is 0 Å². The van der Waals surface area contributed by atoms with E-state index in [1.54, 1.807) is 41.3 Å². The molecule has 126 valence electrons. The average Bonchev–Trinajstić information content (AvgIpc) is 3.01. The van der Waals surface area contributed by atoms with E-state index in [1.165, 1.54) is 0 Å². The van der Waals surface area contributed by atoms with E-state index in [-0.39, 0.29) is 10.8 Å². The van der Waals surface area contributed by atoms with Crippen molar-refractivity contribution >= 4 is 27.3 Å². The van der Waals surface area contributed by atoms with Crippen molar-refractivity contribution in [1.82, 2.24) is 0 Å². The van der Waals surface area contributed by atoms with Gasteiger partial charge in [-0.15, -0.1) is 0 Å².